The van der Waals surface area contributed by atoms with Crippen molar-refractivity contribution in [3.05, 3.63) is 28.8 Å². The normalized spacial score (nSPS) is 10.9. The largest absolute Gasteiger partial charge is 0.466 e. The summed E-state index contributed by atoms with van der Waals surface area (Å²) in [5.41, 5.74) is -0.148. The van der Waals surface area contributed by atoms with Crippen LogP contribution in [0.25, 0.3) is 0 Å². The van der Waals surface area contributed by atoms with E-state index in [1.165, 1.54) is 12.1 Å². The second-order valence-electron chi connectivity index (χ2n) is 5.25. The molecule has 0 radical (unpaired) electrons. The van der Waals surface area contributed by atoms with Crippen molar-refractivity contribution < 1.29 is 32.3 Å². The molecule has 1 rings (SSSR count). The van der Waals surface area contributed by atoms with Crippen LogP contribution in [0.2, 0.25) is 5.02 Å². The summed E-state index contributed by atoms with van der Waals surface area (Å²) in [5, 5.41) is 2.50. The Hall–Kier alpha value is -2.13. The maximum absolute atomic E-state index is 12.0. The first-order valence-electron chi connectivity index (χ1n) is 7.74. The van der Waals surface area contributed by atoms with Crippen molar-refractivity contribution in [2.45, 2.75) is 24.7 Å². The molecule has 0 saturated carbocycles. The molecule has 0 fully saturated rings. The fraction of sp³-hybridized carbons (Fsp3) is 0.438. The number of carbonyl (C=O) groups is 3. The van der Waals surface area contributed by atoms with Crippen LogP contribution in [0.4, 0.5) is 0 Å². The third-order valence-corrected chi connectivity index (χ3v) is 4.55. The van der Waals surface area contributed by atoms with Gasteiger partial charge in [0, 0.05) is 19.2 Å². The van der Waals surface area contributed by atoms with Crippen LogP contribution < -0.4 is 5.32 Å². The molecular weight excluding hydrogens is 386 g/mol. The van der Waals surface area contributed by atoms with Crippen LogP contribution >= 0.6 is 11.6 Å². The Morgan fingerprint density at radius 2 is 1.88 bits per heavy atom. The van der Waals surface area contributed by atoms with E-state index >= 15 is 0 Å². The van der Waals surface area contributed by atoms with E-state index in [0.29, 0.717) is 13.0 Å². The van der Waals surface area contributed by atoms with Crippen LogP contribution in [0.5, 0.6) is 0 Å². The fourth-order valence-corrected chi connectivity index (χ4v) is 2.69. The zero-order valence-electron chi connectivity index (χ0n) is 14.4. The topological polar surface area (TPSA) is 116 Å². The fourth-order valence-electron chi connectivity index (χ4n) is 1.85. The number of hydrogen-bond acceptors (Lipinski definition) is 7. The maximum Gasteiger partial charge on any atom is 0.340 e. The Bertz CT molecular complexity index is 777. The molecule has 10 heteroatoms. The van der Waals surface area contributed by atoms with Gasteiger partial charge in [-0.25, -0.2) is 13.2 Å². The van der Waals surface area contributed by atoms with Gasteiger partial charge in [0.2, 0.25) is 0 Å². The Balaban J connectivity index is 2.49. The molecule has 0 atom stereocenters. The van der Waals surface area contributed by atoms with Gasteiger partial charge in [0.25, 0.3) is 5.91 Å². The molecule has 1 aromatic rings. The summed E-state index contributed by atoms with van der Waals surface area (Å²) >= 11 is 5.87. The number of rotatable bonds is 9. The lowest BCUT2D eigenvalue weighted by atomic mass is 10.2. The van der Waals surface area contributed by atoms with Gasteiger partial charge in [0.15, 0.2) is 16.4 Å². The van der Waals surface area contributed by atoms with Gasteiger partial charge >= 0.3 is 11.9 Å². The van der Waals surface area contributed by atoms with Crippen molar-refractivity contribution in [1.29, 1.82) is 0 Å². The predicted molar refractivity (Wildman–Crippen MR) is 93.7 cm³/mol. The van der Waals surface area contributed by atoms with Gasteiger partial charge in [-0.2, -0.15) is 0 Å². The van der Waals surface area contributed by atoms with E-state index in [2.05, 4.69) is 5.32 Å². The minimum absolute atomic E-state index is 0.0113. The van der Waals surface area contributed by atoms with Crippen molar-refractivity contribution in [2.24, 2.45) is 0 Å². The maximum atomic E-state index is 12.0. The number of sulfone groups is 1. The molecule has 1 aromatic carbocycles. The average Bonchev–Trinajstić information content (AvgIpc) is 2.56. The van der Waals surface area contributed by atoms with Crippen LogP contribution in [-0.4, -0.2) is 52.3 Å². The van der Waals surface area contributed by atoms with E-state index in [4.69, 9.17) is 21.1 Å². The Labute approximate surface area is 156 Å². The number of carbonyl (C=O) groups excluding carboxylic acids is 3. The van der Waals surface area contributed by atoms with E-state index in [1.54, 1.807) is 6.92 Å². The molecule has 0 aliphatic carbocycles. The van der Waals surface area contributed by atoms with E-state index in [-0.39, 0.29) is 34.4 Å². The van der Waals surface area contributed by atoms with Gasteiger partial charge in [-0.3, -0.25) is 9.59 Å². The van der Waals surface area contributed by atoms with Gasteiger partial charge in [-0.05, 0) is 31.5 Å². The first-order chi connectivity index (χ1) is 12.1. The average molecular weight is 406 g/mol. The summed E-state index contributed by atoms with van der Waals surface area (Å²) < 4.78 is 32.6. The molecule has 26 heavy (non-hydrogen) atoms. The minimum atomic E-state index is -3.52. The molecule has 0 saturated heterocycles. The molecule has 0 bridgehead atoms. The zero-order chi connectivity index (χ0) is 19.7. The highest BCUT2D eigenvalue weighted by molar-refractivity contribution is 7.90. The number of hydrogen-bond donors (Lipinski definition) is 1. The summed E-state index contributed by atoms with van der Waals surface area (Å²) in [4.78, 5) is 34.7. The summed E-state index contributed by atoms with van der Waals surface area (Å²) in [6.45, 7) is 1.66. The van der Waals surface area contributed by atoms with Gasteiger partial charge in [-0.1, -0.05) is 11.6 Å². The van der Waals surface area contributed by atoms with E-state index in [0.717, 1.165) is 12.3 Å². The monoisotopic (exact) mass is 405 g/mol. The molecule has 144 valence electrons. The lowest BCUT2D eigenvalue weighted by molar-refractivity contribution is -0.143. The molecule has 0 spiro atoms. The highest BCUT2D eigenvalue weighted by Crippen LogP contribution is 2.21. The van der Waals surface area contributed by atoms with Gasteiger partial charge in [-0.15, -0.1) is 0 Å². The van der Waals surface area contributed by atoms with E-state index in [1.807, 2.05) is 0 Å². The molecule has 0 unspecified atom stereocenters. The van der Waals surface area contributed by atoms with Crippen LogP contribution in [-0.2, 0) is 28.9 Å². The summed E-state index contributed by atoms with van der Waals surface area (Å²) in [6, 6.07) is 3.63. The minimum Gasteiger partial charge on any atom is -0.466 e. The van der Waals surface area contributed by atoms with E-state index in [9.17, 15) is 22.8 Å². The lowest BCUT2D eigenvalue weighted by Gasteiger charge is -2.08. The number of nitrogens with one attached hydrogen (secondary N) is 1. The molecule has 0 aliphatic rings. The first kappa shape index (κ1) is 21.9. The quantitative estimate of drug-likeness (QED) is 0.487. The lowest BCUT2D eigenvalue weighted by Crippen LogP contribution is -2.30. The molecule has 1 amide bonds. The van der Waals surface area contributed by atoms with E-state index < -0.39 is 28.3 Å². The van der Waals surface area contributed by atoms with Crippen LogP contribution in [0.3, 0.4) is 0 Å². The molecular formula is C16H20ClNO7S. The molecule has 0 aromatic heterocycles. The summed E-state index contributed by atoms with van der Waals surface area (Å²) in [5.74, 6) is -1.83. The Morgan fingerprint density at radius 3 is 2.50 bits per heavy atom. The number of esters is 2. The van der Waals surface area contributed by atoms with Crippen LogP contribution in [0.15, 0.2) is 23.1 Å². The van der Waals surface area contributed by atoms with Gasteiger partial charge in [0.05, 0.1) is 22.1 Å². The molecule has 0 heterocycles. The van der Waals surface area contributed by atoms with Gasteiger partial charge in [0.1, 0.15) is 0 Å². The second kappa shape index (κ2) is 10.1. The van der Waals surface area contributed by atoms with Crippen molar-refractivity contribution >= 4 is 39.3 Å². The molecule has 8 nitrogen and oxygen atoms in total. The number of ether oxygens (including phenoxy) is 2. The Kier molecular flexibility index (Phi) is 8.53. The third-order valence-electron chi connectivity index (χ3n) is 3.11. The van der Waals surface area contributed by atoms with Gasteiger partial charge < -0.3 is 14.8 Å². The molecule has 0 aliphatic heterocycles. The number of benzene rings is 1. The number of halogens is 1. The highest BCUT2D eigenvalue weighted by atomic mass is 35.5. The van der Waals surface area contributed by atoms with Crippen molar-refractivity contribution in [3.63, 3.8) is 0 Å². The van der Waals surface area contributed by atoms with Crippen molar-refractivity contribution in [2.75, 3.05) is 26.0 Å². The van der Waals surface area contributed by atoms with Crippen LogP contribution in [0.1, 0.15) is 30.1 Å². The highest BCUT2D eigenvalue weighted by Gasteiger charge is 2.17. The summed E-state index contributed by atoms with van der Waals surface area (Å²) in [6.07, 6.45) is 1.55. The number of amides is 1. The molecule has 1 N–H and O–H groups in total. The zero-order valence-corrected chi connectivity index (χ0v) is 16.0. The third kappa shape index (κ3) is 7.40. The Morgan fingerprint density at radius 1 is 1.19 bits per heavy atom. The standard InChI is InChI=1S/C16H20ClNO7S/c1-3-24-15(20)5-4-8-18-14(19)10-25-16(21)12-9-11(26(2,22)23)6-7-13(12)17/h6-7,9H,3-5,8,10H2,1-2H3,(H,18,19). The van der Waals surface area contributed by atoms with Crippen molar-refractivity contribution in [3.8, 4) is 0 Å². The van der Waals surface area contributed by atoms with Crippen LogP contribution in [0, 0.1) is 0 Å². The second-order valence-corrected chi connectivity index (χ2v) is 7.67. The van der Waals surface area contributed by atoms with Crippen molar-refractivity contribution in [1.82, 2.24) is 5.32 Å². The SMILES string of the molecule is CCOC(=O)CCCNC(=O)COC(=O)c1cc(S(C)(=O)=O)ccc1Cl. The first-order valence-corrected chi connectivity index (χ1v) is 10.0. The smallest absolute Gasteiger partial charge is 0.340 e. The summed E-state index contributed by atoms with van der Waals surface area (Å²) in [7, 11) is -3.52. The predicted octanol–water partition coefficient (Wildman–Crippen LogP) is 1.36.